The second kappa shape index (κ2) is 8.90. The Balaban J connectivity index is 1.67. The van der Waals surface area contributed by atoms with Gasteiger partial charge in [-0.1, -0.05) is 38.0 Å². The Morgan fingerprint density at radius 1 is 0.815 bits per heavy atom. The number of rotatable bonds is 6. The van der Waals surface area contributed by atoms with Crippen LogP contribution in [0.5, 0.6) is 0 Å². The Bertz CT molecular complexity index is 776. The minimum Gasteiger partial charge on any atom is -0.204 e. The fourth-order valence-corrected chi connectivity index (χ4v) is 4.26. The van der Waals surface area contributed by atoms with Gasteiger partial charge in [-0.2, -0.15) is 0 Å². The molecular weight excluding hydrogens is 352 g/mol. The van der Waals surface area contributed by atoms with Crippen molar-refractivity contribution in [2.75, 3.05) is 0 Å². The molecule has 1 fully saturated rings. The zero-order chi connectivity index (χ0) is 19.4. The van der Waals surface area contributed by atoms with Gasteiger partial charge in [0.15, 0.2) is 23.3 Å². The van der Waals surface area contributed by atoms with Gasteiger partial charge in [0.1, 0.15) is 0 Å². The third kappa shape index (κ3) is 4.72. The van der Waals surface area contributed by atoms with E-state index in [1.165, 1.54) is 18.9 Å². The van der Waals surface area contributed by atoms with Gasteiger partial charge in [0.05, 0.1) is 0 Å². The maximum absolute atomic E-state index is 14.7. The van der Waals surface area contributed by atoms with Crippen molar-refractivity contribution in [1.29, 1.82) is 0 Å². The molecule has 0 nitrogen and oxygen atoms in total. The lowest BCUT2D eigenvalue weighted by atomic mass is 9.77. The van der Waals surface area contributed by atoms with E-state index in [0.717, 1.165) is 43.7 Å². The minimum absolute atomic E-state index is 0.0906. The van der Waals surface area contributed by atoms with Crippen LogP contribution in [0, 0.1) is 29.2 Å². The van der Waals surface area contributed by atoms with E-state index in [0.29, 0.717) is 17.5 Å². The Kier molecular flexibility index (Phi) is 6.56. The van der Waals surface area contributed by atoms with Gasteiger partial charge >= 0.3 is 0 Å². The molecule has 0 radical (unpaired) electrons. The van der Waals surface area contributed by atoms with Crippen LogP contribution in [0.4, 0.5) is 17.6 Å². The molecule has 2 aromatic rings. The highest BCUT2D eigenvalue weighted by atomic mass is 19.2. The summed E-state index contributed by atoms with van der Waals surface area (Å²) in [7, 11) is 0. The first-order valence-electron chi connectivity index (χ1n) is 9.90. The first-order chi connectivity index (χ1) is 13.0. The van der Waals surface area contributed by atoms with Gasteiger partial charge in [0.25, 0.3) is 0 Å². The largest absolute Gasteiger partial charge is 0.204 e. The maximum atomic E-state index is 14.7. The van der Waals surface area contributed by atoms with Crippen LogP contribution >= 0.6 is 0 Å². The Morgan fingerprint density at radius 2 is 1.56 bits per heavy atom. The lowest BCUT2D eigenvalue weighted by Crippen LogP contribution is -2.15. The first-order valence-corrected chi connectivity index (χ1v) is 9.90. The van der Waals surface area contributed by atoms with Crippen LogP contribution in [0.3, 0.4) is 0 Å². The highest BCUT2D eigenvalue weighted by molar-refractivity contribution is 5.30. The monoisotopic (exact) mass is 378 g/mol. The molecule has 1 aliphatic rings. The molecule has 0 atom stereocenters. The topological polar surface area (TPSA) is 0 Å². The van der Waals surface area contributed by atoms with Crippen LogP contribution in [-0.4, -0.2) is 0 Å². The van der Waals surface area contributed by atoms with Crippen molar-refractivity contribution in [2.24, 2.45) is 5.92 Å². The summed E-state index contributed by atoms with van der Waals surface area (Å²) < 4.78 is 55.5. The van der Waals surface area contributed by atoms with Gasteiger partial charge in [-0.25, -0.2) is 17.6 Å². The zero-order valence-electron chi connectivity index (χ0n) is 15.7. The molecule has 0 spiro atoms. The van der Waals surface area contributed by atoms with E-state index in [1.54, 1.807) is 12.1 Å². The van der Waals surface area contributed by atoms with E-state index in [-0.39, 0.29) is 17.9 Å². The van der Waals surface area contributed by atoms with Crippen LogP contribution in [0.25, 0.3) is 0 Å². The molecule has 0 bridgehead atoms. The van der Waals surface area contributed by atoms with Crippen molar-refractivity contribution in [3.05, 3.63) is 70.3 Å². The molecule has 0 saturated heterocycles. The van der Waals surface area contributed by atoms with Crippen molar-refractivity contribution in [2.45, 2.75) is 64.2 Å². The zero-order valence-corrected chi connectivity index (χ0v) is 15.7. The molecule has 1 aliphatic carbocycles. The normalized spacial score (nSPS) is 20.0. The fourth-order valence-electron chi connectivity index (χ4n) is 4.26. The summed E-state index contributed by atoms with van der Waals surface area (Å²) >= 11 is 0. The number of hydrogen-bond donors (Lipinski definition) is 0. The van der Waals surface area contributed by atoms with Gasteiger partial charge in [-0.15, -0.1) is 0 Å². The molecule has 4 heteroatoms. The lowest BCUT2D eigenvalue weighted by molar-refractivity contribution is 0.302. The molecule has 146 valence electrons. The molecule has 0 aliphatic heterocycles. The molecule has 0 N–H and O–H groups in total. The van der Waals surface area contributed by atoms with Crippen molar-refractivity contribution in [3.8, 4) is 0 Å². The maximum Gasteiger partial charge on any atom is 0.162 e. The second-order valence-corrected chi connectivity index (χ2v) is 7.70. The van der Waals surface area contributed by atoms with Gasteiger partial charge in [0, 0.05) is 0 Å². The number of halogens is 4. The predicted molar refractivity (Wildman–Crippen MR) is 99.7 cm³/mol. The Morgan fingerprint density at radius 3 is 2.22 bits per heavy atom. The van der Waals surface area contributed by atoms with Gasteiger partial charge in [0.2, 0.25) is 0 Å². The first kappa shape index (κ1) is 19.9. The van der Waals surface area contributed by atoms with E-state index in [2.05, 4.69) is 6.92 Å². The molecule has 0 unspecified atom stereocenters. The van der Waals surface area contributed by atoms with Gasteiger partial charge in [-0.05, 0) is 79.2 Å². The minimum atomic E-state index is -0.923. The van der Waals surface area contributed by atoms with Gasteiger partial charge < -0.3 is 0 Å². The third-order valence-electron chi connectivity index (χ3n) is 5.84. The predicted octanol–water partition coefficient (Wildman–Crippen LogP) is 7.10. The SMILES string of the molecule is CCCC1CCC(c2ccc(CCc3ccc(F)c(F)c3)c(F)c2F)CC1. The van der Waals surface area contributed by atoms with Crippen LogP contribution in [0.15, 0.2) is 30.3 Å². The van der Waals surface area contributed by atoms with Crippen molar-refractivity contribution in [1.82, 2.24) is 0 Å². The molecule has 0 amide bonds. The summed E-state index contributed by atoms with van der Waals surface area (Å²) in [6.45, 7) is 2.18. The number of hydrogen-bond acceptors (Lipinski definition) is 0. The molecular formula is C23H26F4. The van der Waals surface area contributed by atoms with E-state index in [9.17, 15) is 17.6 Å². The van der Waals surface area contributed by atoms with Crippen molar-refractivity contribution >= 4 is 0 Å². The Labute approximate surface area is 158 Å². The summed E-state index contributed by atoms with van der Waals surface area (Å²) in [5.41, 5.74) is 1.33. The van der Waals surface area contributed by atoms with E-state index in [1.807, 2.05) is 0 Å². The number of benzene rings is 2. The van der Waals surface area contributed by atoms with Crippen LogP contribution in [0.1, 0.15) is 68.1 Å². The fraction of sp³-hybridized carbons (Fsp3) is 0.478. The molecule has 27 heavy (non-hydrogen) atoms. The number of aryl methyl sites for hydroxylation is 2. The van der Waals surface area contributed by atoms with Gasteiger partial charge in [-0.3, -0.25) is 0 Å². The Hall–Kier alpha value is -1.84. The summed E-state index contributed by atoms with van der Waals surface area (Å²) in [6.07, 6.45) is 6.95. The molecule has 2 aromatic carbocycles. The van der Waals surface area contributed by atoms with Crippen LogP contribution in [0.2, 0.25) is 0 Å². The summed E-state index contributed by atoms with van der Waals surface area (Å²) in [6, 6.07) is 6.98. The van der Waals surface area contributed by atoms with E-state index in [4.69, 9.17) is 0 Å². The third-order valence-corrected chi connectivity index (χ3v) is 5.84. The standard InChI is InChI=1S/C23H26F4/c1-2-3-15-4-8-17(9-5-15)19-12-11-18(22(26)23(19)27)10-6-16-7-13-20(24)21(25)14-16/h7,11-15,17H,2-6,8-10H2,1H3. The van der Waals surface area contributed by atoms with Crippen molar-refractivity contribution < 1.29 is 17.6 Å². The quantitative estimate of drug-likeness (QED) is 0.470. The average molecular weight is 378 g/mol. The highest BCUT2D eigenvalue weighted by Gasteiger charge is 2.25. The molecule has 1 saturated carbocycles. The van der Waals surface area contributed by atoms with Crippen molar-refractivity contribution in [3.63, 3.8) is 0 Å². The second-order valence-electron chi connectivity index (χ2n) is 7.70. The van der Waals surface area contributed by atoms with Crippen LogP contribution < -0.4 is 0 Å². The van der Waals surface area contributed by atoms with E-state index >= 15 is 0 Å². The van der Waals surface area contributed by atoms with E-state index < -0.39 is 23.3 Å². The summed E-state index contributed by atoms with van der Waals surface area (Å²) in [5.74, 6) is -2.56. The summed E-state index contributed by atoms with van der Waals surface area (Å²) in [5, 5.41) is 0. The van der Waals surface area contributed by atoms with Crippen LogP contribution in [-0.2, 0) is 12.8 Å². The summed E-state index contributed by atoms with van der Waals surface area (Å²) in [4.78, 5) is 0. The molecule has 3 rings (SSSR count). The highest BCUT2D eigenvalue weighted by Crippen LogP contribution is 2.39. The average Bonchev–Trinajstić information content (AvgIpc) is 2.67. The smallest absolute Gasteiger partial charge is 0.162 e. The lowest BCUT2D eigenvalue weighted by Gasteiger charge is -2.29. The molecule has 0 aromatic heterocycles. The molecule has 0 heterocycles.